The third-order valence-corrected chi connectivity index (χ3v) is 6.78. The number of amides is 1. The van der Waals surface area contributed by atoms with E-state index in [0.717, 1.165) is 64.3 Å². The average molecular weight is 448 g/mol. The van der Waals surface area contributed by atoms with Gasteiger partial charge >= 0.3 is 0 Å². The van der Waals surface area contributed by atoms with Crippen molar-refractivity contribution in [3.8, 4) is 0 Å². The minimum atomic E-state index is -0.142. The van der Waals surface area contributed by atoms with Gasteiger partial charge in [0.2, 0.25) is 0 Å². The van der Waals surface area contributed by atoms with Gasteiger partial charge in [-0.15, -0.1) is 0 Å². The highest BCUT2D eigenvalue weighted by atomic mass is 32.1. The van der Waals surface area contributed by atoms with E-state index >= 15 is 0 Å². The minimum absolute atomic E-state index is 0.142. The summed E-state index contributed by atoms with van der Waals surface area (Å²) >= 11 is 1.64. The fraction of sp³-hybridized carbons (Fsp3) is 0.292. The molecule has 32 heavy (non-hydrogen) atoms. The summed E-state index contributed by atoms with van der Waals surface area (Å²) in [6, 6.07) is 16.0. The first-order chi connectivity index (χ1) is 15.6. The van der Waals surface area contributed by atoms with Gasteiger partial charge < -0.3 is 15.0 Å². The molecule has 0 radical (unpaired) electrons. The number of benzene rings is 2. The van der Waals surface area contributed by atoms with Gasteiger partial charge in [-0.1, -0.05) is 41.7 Å². The van der Waals surface area contributed by atoms with Gasteiger partial charge in [0.25, 0.3) is 5.91 Å². The largest absolute Gasteiger partial charge is 0.378 e. The Hall–Kier alpha value is -3.23. The summed E-state index contributed by atoms with van der Waals surface area (Å²) < 4.78 is 8.38. The minimum Gasteiger partial charge on any atom is -0.378 e. The van der Waals surface area contributed by atoms with E-state index in [1.807, 2.05) is 54.9 Å². The average Bonchev–Trinajstić information content (AvgIpc) is 3.35. The van der Waals surface area contributed by atoms with Crippen LogP contribution in [0.3, 0.4) is 0 Å². The smallest absolute Gasteiger partial charge is 0.259 e. The highest BCUT2D eigenvalue weighted by Crippen LogP contribution is 2.31. The van der Waals surface area contributed by atoms with Crippen molar-refractivity contribution in [2.24, 2.45) is 0 Å². The van der Waals surface area contributed by atoms with Crippen molar-refractivity contribution in [3.63, 3.8) is 0 Å². The monoisotopic (exact) mass is 447 g/mol. The fourth-order valence-electron chi connectivity index (χ4n) is 4.01. The third-order valence-electron chi connectivity index (χ3n) is 5.70. The molecule has 1 aliphatic heterocycles. The van der Waals surface area contributed by atoms with Crippen LogP contribution in [-0.2, 0) is 11.3 Å². The number of rotatable bonds is 5. The van der Waals surface area contributed by atoms with Crippen molar-refractivity contribution >= 4 is 38.3 Å². The number of hydrogen-bond donors (Lipinski definition) is 1. The summed E-state index contributed by atoms with van der Waals surface area (Å²) in [4.78, 5) is 20.1. The Morgan fingerprint density at radius 1 is 1.12 bits per heavy atom. The van der Waals surface area contributed by atoms with Gasteiger partial charge in [-0.3, -0.25) is 9.48 Å². The van der Waals surface area contributed by atoms with Gasteiger partial charge in [0.15, 0.2) is 5.13 Å². The van der Waals surface area contributed by atoms with Crippen LogP contribution in [-0.4, -0.2) is 47.0 Å². The van der Waals surface area contributed by atoms with Crippen molar-refractivity contribution in [2.75, 3.05) is 36.5 Å². The van der Waals surface area contributed by atoms with Gasteiger partial charge in [0.1, 0.15) is 0 Å². The summed E-state index contributed by atoms with van der Waals surface area (Å²) in [6.45, 7) is 7.63. The molecule has 1 fully saturated rings. The van der Waals surface area contributed by atoms with Crippen LogP contribution in [0.4, 0.5) is 10.8 Å². The number of morpholine rings is 1. The summed E-state index contributed by atoms with van der Waals surface area (Å²) in [5.74, 6) is -0.142. The summed E-state index contributed by atoms with van der Waals surface area (Å²) in [5.41, 5.74) is 5.06. The Morgan fingerprint density at radius 3 is 2.69 bits per heavy atom. The lowest BCUT2D eigenvalue weighted by molar-refractivity contribution is 0.102. The Balaban J connectivity index is 1.35. The van der Waals surface area contributed by atoms with Crippen LogP contribution in [0.5, 0.6) is 0 Å². The summed E-state index contributed by atoms with van der Waals surface area (Å²) in [5, 5.41) is 8.66. The lowest BCUT2D eigenvalue weighted by Gasteiger charge is -2.25. The second kappa shape index (κ2) is 8.72. The van der Waals surface area contributed by atoms with Crippen LogP contribution >= 0.6 is 11.3 Å². The molecule has 0 aliphatic carbocycles. The van der Waals surface area contributed by atoms with E-state index in [9.17, 15) is 4.79 Å². The zero-order valence-corrected chi connectivity index (χ0v) is 19.0. The lowest BCUT2D eigenvalue weighted by atomic mass is 10.1. The van der Waals surface area contributed by atoms with Crippen molar-refractivity contribution in [1.29, 1.82) is 0 Å². The van der Waals surface area contributed by atoms with Crippen molar-refractivity contribution in [3.05, 3.63) is 71.0 Å². The molecule has 0 atom stereocenters. The molecule has 1 N–H and O–H groups in total. The zero-order chi connectivity index (χ0) is 22.1. The number of fused-ring (bicyclic) bond motifs is 1. The second-order valence-electron chi connectivity index (χ2n) is 7.92. The maximum Gasteiger partial charge on any atom is 0.259 e. The van der Waals surface area contributed by atoms with E-state index in [2.05, 4.69) is 27.4 Å². The first-order valence-corrected chi connectivity index (χ1v) is 11.5. The first-order valence-electron chi connectivity index (χ1n) is 10.7. The van der Waals surface area contributed by atoms with Crippen LogP contribution in [0.25, 0.3) is 10.2 Å². The molecule has 7 nitrogen and oxygen atoms in total. The standard InChI is InChI=1S/C24H25N5O2S/c1-16-22(17(2)29(27-16)15-18-6-4-3-5-7-18)23(30)25-19-8-9-20-21(14-19)32-24(26-20)28-10-12-31-13-11-28/h3-9,14H,10-13,15H2,1-2H3,(H,25,30). The van der Waals surface area contributed by atoms with E-state index in [1.54, 1.807) is 11.3 Å². The van der Waals surface area contributed by atoms with Gasteiger partial charge in [0, 0.05) is 24.5 Å². The molecule has 3 heterocycles. The quantitative estimate of drug-likeness (QED) is 0.495. The van der Waals surface area contributed by atoms with Crippen LogP contribution in [0, 0.1) is 13.8 Å². The molecule has 0 spiro atoms. The number of carbonyl (C=O) groups excluding carboxylic acids is 1. The number of thiazole rings is 1. The molecule has 2 aromatic heterocycles. The zero-order valence-electron chi connectivity index (χ0n) is 18.2. The molecule has 4 aromatic rings. The maximum absolute atomic E-state index is 13.1. The number of anilines is 2. The predicted molar refractivity (Wildman–Crippen MR) is 128 cm³/mol. The van der Waals surface area contributed by atoms with E-state index < -0.39 is 0 Å². The molecular formula is C24H25N5O2S. The van der Waals surface area contributed by atoms with Gasteiger partial charge in [-0.2, -0.15) is 5.10 Å². The molecule has 5 rings (SSSR count). The summed E-state index contributed by atoms with van der Waals surface area (Å²) in [6.07, 6.45) is 0. The Morgan fingerprint density at radius 2 is 1.91 bits per heavy atom. The topological polar surface area (TPSA) is 72.3 Å². The number of hydrogen-bond acceptors (Lipinski definition) is 6. The number of aromatic nitrogens is 3. The number of ether oxygens (including phenoxy) is 1. The molecule has 1 saturated heterocycles. The third kappa shape index (κ3) is 4.11. The van der Waals surface area contributed by atoms with E-state index in [-0.39, 0.29) is 5.91 Å². The van der Waals surface area contributed by atoms with Crippen molar-refractivity contribution in [1.82, 2.24) is 14.8 Å². The number of carbonyl (C=O) groups is 1. The Labute approximate surface area is 190 Å². The maximum atomic E-state index is 13.1. The Kier molecular flexibility index (Phi) is 5.63. The predicted octanol–water partition coefficient (Wildman–Crippen LogP) is 4.25. The normalized spacial score (nSPS) is 14.1. The van der Waals surface area contributed by atoms with Crippen LogP contribution < -0.4 is 10.2 Å². The number of nitrogens with zero attached hydrogens (tertiary/aromatic N) is 4. The fourth-order valence-corrected chi connectivity index (χ4v) is 5.07. The van der Waals surface area contributed by atoms with E-state index in [0.29, 0.717) is 12.1 Å². The first kappa shape index (κ1) is 20.7. The molecule has 0 bridgehead atoms. The Bertz CT molecular complexity index is 1260. The van der Waals surface area contributed by atoms with Crippen molar-refractivity contribution in [2.45, 2.75) is 20.4 Å². The van der Waals surface area contributed by atoms with Crippen LogP contribution in [0.1, 0.15) is 27.3 Å². The molecule has 1 amide bonds. The molecule has 0 saturated carbocycles. The SMILES string of the molecule is Cc1nn(Cc2ccccc2)c(C)c1C(=O)Nc1ccc2nc(N3CCOCC3)sc2c1. The molecule has 2 aromatic carbocycles. The molecule has 8 heteroatoms. The van der Waals surface area contributed by atoms with Crippen LogP contribution in [0.2, 0.25) is 0 Å². The summed E-state index contributed by atoms with van der Waals surface area (Å²) in [7, 11) is 0. The molecular weight excluding hydrogens is 422 g/mol. The van der Waals surface area contributed by atoms with E-state index in [1.165, 1.54) is 0 Å². The van der Waals surface area contributed by atoms with Gasteiger partial charge in [0.05, 0.1) is 41.2 Å². The highest BCUT2D eigenvalue weighted by Gasteiger charge is 2.20. The van der Waals surface area contributed by atoms with Gasteiger partial charge in [-0.05, 0) is 37.6 Å². The second-order valence-corrected chi connectivity index (χ2v) is 8.93. The van der Waals surface area contributed by atoms with Crippen molar-refractivity contribution < 1.29 is 9.53 Å². The number of aryl methyl sites for hydroxylation is 1. The molecule has 164 valence electrons. The van der Waals surface area contributed by atoms with E-state index in [4.69, 9.17) is 9.72 Å². The lowest BCUT2D eigenvalue weighted by Crippen LogP contribution is -2.36. The highest BCUT2D eigenvalue weighted by molar-refractivity contribution is 7.22. The molecule has 0 unspecified atom stereocenters. The number of nitrogens with one attached hydrogen (secondary N) is 1. The van der Waals surface area contributed by atoms with Crippen LogP contribution in [0.15, 0.2) is 48.5 Å². The molecule has 1 aliphatic rings. The van der Waals surface area contributed by atoms with Gasteiger partial charge in [-0.25, -0.2) is 4.98 Å².